The first-order chi connectivity index (χ1) is 9.10. The highest BCUT2D eigenvalue weighted by atomic mass is 35.5. The Morgan fingerprint density at radius 3 is 2.79 bits per heavy atom. The minimum Gasteiger partial charge on any atom is -0.308 e. The summed E-state index contributed by atoms with van der Waals surface area (Å²) in [4.78, 5) is 0. The molecule has 0 unspecified atom stereocenters. The number of aryl methyl sites for hydroxylation is 3. The Morgan fingerprint density at radius 1 is 1.32 bits per heavy atom. The average Bonchev–Trinajstić information content (AvgIpc) is 2.74. The van der Waals surface area contributed by atoms with Gasteiger partial charge in [0.2, 0.25) is 0 Å². The van der Waals surface area contributed by atoms with Gasteiger partial charge in [-0.05, 0) is 30.5 Å². The predicted molar refractivity (Wildman–Crippen MR) is 79.3 cm³/mol. The van der Waals surface area contributed by atoms with Crippen molar-refractivity contribution >= 4 is 11.6 Å². The number of nitrogens with one attached hydrogen (secondary N) is 1. The summed E-state index contributed by atoms with van der Waals surface area (Å²) in [5.41, 5.74) is 4.75. The van der Waals surface area contributed by atoms with Gasteiger partial charge in [-0.1, -0.05) is 30.7 Å². The molecule has 0 atom stereocenters. The number of aromatic nitrogens is 2. The number of rotatable bonds is 5. The van der Waals surface area contributed by atoms with Gasteiger partial charge >= 0.3 is 0 Å². The zero-order valence-corrected chi connectivity index (χ0v) is 12.5. The zero-order chi connectivity index (χ0) is 13.8. The Balaban J connectivity index is 1.94. The molecule has 1 heterocycles. The van der Waals surface area contributed by atoms with Crippen LogP contribution in [0.2, 0.25) is 5.02 Å². The van der Waals surface area contributed by atoms with Crippen molar-refractivity contribution in [3.8, 4) is 0 Å². The smallest absolute Gasteiger partial charge is 0.0666 e. The highest BCUT2D eigenvalue weighted by Gasteiger charge is 2.05. The summed E-state index contributed by atoms with van der Waals surface area (Å²) in [6.07, 6.45) is 3.04. The highest BCUT2D eigenvalue weighted by Crippen LogP contribution is 2.16. The van der Waals surface area contributed by atoms with Crippen LogP contribution in [0, 0.1) is 6.92 Å². The number of benzene rings is 1. The quantitative estimate of drug-likeness (QED) is 0.909. The first-order valence-electron chi connectivity index (χ1n) is 6.57. The molecule has 0 fully saturated rings. The number of nitrogens with zero attached hydrogens (tertiary/aromatic N) is 2. The lowest BCUT2D eigenvalue weighted by Gasteiger charge is -2.06. The fraction of sp³-hybridized carbons (Fsp3) is 0.400. The zero-order valence-electron chi connectivity index (χ0n) is 11.7. The molecular weight excluding hydrogens is 258 g/mol. The summed E-state index contributed by atoms with van der Waals surface area (Å²) in [6.45, 7) is 5.80. The molecule has 102 valence electrons. The molecule has 1 N–H and O–H groups in total. The number of halogens is 1. The lowest BCUT2D eigenvalue weighted by Crippen LogP contribution is -2.13. The van der Waals surface area contributed by atoms with E-state index in [0.717, 1.165) is 35.8 Å². The van der Waals surface area contributed by atoms with Crippen LogP contribution in [-0.4, -0.2) is 9.78 Å². The molecule has 0 amide bonds. The van der Waals surface area contributed by atoms with Gasteiger partial charge in [0.1, 0.15) is 0 Å². The minimum absolute atomic E-state index is 0.818. The molecule has 0 saturated heterocycles. The van der Waals surface area contributed by atoms with Crippen LogP contribution in [0.25, 0.3) is 0 Å². The van der Waals surface area contributed by atoms with Gasteiger partial charge in [0.05, 0.1) is 5.69 Å². The summed E-state index contributed by atoms with van der Waals surface area (Å²) in [5, 5.41) is 8.71. The number of hydrogen-bond donors (Lipinski definition) is 1. The molecule has 0 saturated carbocycles. The third-order valence-electron chi connectivity index (χ3n) is 3.21. The molecule has 0 aliphatic heterocycles. The van der Waals surface area contributed by atoms with Crippen molar-refractivity contribution in [1.82, 2.24) is 15.1 Å². The molecule has 0 radical (unpaired) electrons. The van der Waals surface area contributed by atoms with Crippen molar-refractivity contribution in [2.24, 2.45) is 7.05 Å². The summed E-state index contributed by atoms with van der Waals surface area (Å²) in [7, 11) is 1.96. The Kier molecular flexibility index (Phi) is 4.61. The molecule has 3 nitrogen and oxygen atoms in total. The van der Waals surface area contributed by atoms with Crippen molar-refractivity contribution in [2.45, 2.75) is 33.4 Å². The molecule has 2 aromatic rings. The first kappa shape index (κ1) is 14.1. The SMILES string of the molecule is CCc1nn(C)cc1CNCc1ccc(C)c(Cl)c1. The van der Waals surface area contributed by atoms with Gasteiger partial charge in [-0.25, -0.2) is 0 Å². The van der Waals surface area contributed by atoms with Crippen LogP contribution in [0.3, 0.4) is 0 Å². The largest absolute Gasteiger partial charge is 0.308 e. The molecule has 2 rings (SSSR count). The van der Waals surface area contributed by atoms with E-state index in [9.17, 15) is 0 Å². The van der Waals surface area contributed by atoms with E-state index < -0.39 is 0 Å². The van der Waals surface area contributed by atoms with Crippen molar-refractivity contribution in [3.05, 3.63) is 51.8 Å². The first-order valence-corrected chi connectivity index (χ1v) is 6.95. The van der Waals surface area contributed by atoms with E-state index in [1.165, 1.54) is 11.1 Å². The second-order valence-corrected chi connectivity index (χ2v) is 5.22. The molecule has 1 aromatic carbocycles. The minimum atomic E-state index is 0.818. The fourth-order valence-corrected chi connectivity index (χ4v) is 2.32. The van der Waals surface area contributed by atoms with E-state index in [0.29, 0.717) is 0 Å². The van der Waals surface area contributed by atoms with Crippen molar-refractivity contribution in [3.63, 3.8) is 0 Å². The van der Waals surface area contributed by atoms with Crippen LogP contribution in [0.1, 0.15) is 29.3 Å². The Morgan fingerprint density at radius 2 is 2.11 bits per heavy atom. The van der Waals surface area contributed by atoms with Gasteiger partial charge in [0.25, 0.3) is 0 Å². The summed E-state index contributed by atoms with van der Waals surface area (Å²) in [5.74, 6) is 0. The second kappa shape index (κ2) is 6.22. The van der Waals surface area contributed by atoms with Gasteiger partial charge in [-0.15, -0.1) is 0 Å². The van der Waals surface area contributed by atoms with Crippen molar-refractivity contribution in [1.29, 1.82) is 0 Å². The van der Waals surface area contributed by atoms with Gasteiger partial charge in [0.15, 0.2) is 0 Å². The Bertz CT molecular complexity index is 561. The van der Waals surface area contributed by atoms with Crippen LogP contribution in [-0.2, 0) is 26.6 Å². The maximum absolute atomic E-state index is 6.12. The monoisotopic (exact) mass is 277 g/mol. The third kappa shape index (κ3) is 3.58. The highest BCUT2D eigenvalue weighted by molar-refractivity contribution is 6.31. The van der Waals surface area contributed by atoms with E-state index in [-0.39, 0.29) is 0 Å². The molecule has 1 aromatic heterocycles. The molecule has 0 bridgehead atoms. The standard InChI is InChI=1S/C15H20ClN3/c1-4-15-13(10-19(3)18-15)9-17-8-12-6-5-11(2)14(16)7-12/h5-7,10,17H,4,8-9H2,1-3H3. The summed E-state index contributed by atoms with van der Waals surface area (Å²) in [6, 6.07) is 6.19. The van der Waals surface area contributed by atoms with E-state index in [1.807, 2.05) is 24.7 Å². The maximum Gasteiger partial charge on any atom is 0.0666 e. The lowest BCUT2D eigenvalue weighted by molar-refractivity contribution is 0.688. The van der Waals surface area contributed by atoms with E-state index in [4.69, 9.17) is 11.6 Å². The average molecular weight is 278 g/mol. The topological polar surface area (TPSA) is 29.9 Å². The predicted octanol–water partition coefficient (Wildman–Crippen LogP) is 3.23. The second-order valence-electron chi connectivity index (χ2n) is 4.82. The van der Waals surface area contributed by atoms with Crippen molar-refractivity contribution in [2.75, 3.05) is 0 Å². The van der Waals surface area contributed by atoms with Crippen LogP contribution in [0.15, 0.2) is 24.4 Å². The molecule has 4 heteroatoms. The van der Waals surface area contributed by atoms with E-state index in [2.05, 4.69) is 35.7 Å². The Hall–Kier alpha value is -1.32. The van der Waals surface area contributed by atoms with Crippen LogP contribution < -0.4 is 5.32 Å². The fourth-order valence-electron chi connectivity index (χ4n) is 2.12. The summed E-state index contributed by atoms with van der Waals surface area (Å²) >= 11 is 6.12. The van der Waals surface area contributed by atoms with E-state index >= 15 is 0 Å². The van der Waals surface area contributed by atoms with Crippen LogP contribution >= 0.6 is 11.6 Å². The number of hydrogen-bond acceptors (Lipinski definition) is 2. The van der Waals surface area contributed by atoms with Gasteiger partial charge in [-0.3, -0.25) is 4.68 Å². The molecule has 0 aliphatic carbocycles. The Labute approximate surface area is 119 Å². The van der Waals surface area contributed by atoms with Crippen LogP contribution in [0.4, 0.5) is 0 Å². The normalized spacial score (nSPS) is 10.9. The van der Waals surface area contributed by atoms with Gasteiger partial charge < -0.3 is 5.32 Å². The van der Waals surface area contributed by atoms with E-state index in [1.54, 1.807) is 0 Å². The molecule has 0 aliphatic rings. The van der Waals surface area contributed by atoms with Gasteiger partial charge in [0, 0.05) is 36.9 Å². The molecule has 19 heavy (non-hydrogen) atoms. The van der Waals surface area contributed by atoms with Gasteiger partial charge in [-0.2, -0.15) is 5.10 Å². The maximum atomic E-state index is 6.12. The molecular formula is C15H20ClN3. The molecule has 0 spiro atoms. The third-order valence-corrected chi connectivity index (χ3v) is 3.61. The van der Waals surface area contributed by atoms with Crippen molar-refractivity contribution < 1.29 is 0 Å². The summed E-state index contributed by atoms with van der Waals surface area (Å²) < 4.78 is 1.87. The lowest BCUT2D eigenvalue weighted by atomic mass is 10.1. The van der Waals surface area contributed by atoms with Crippen LogP contribution in [0.5, 0.6) is 0 Å².